The summed E-state index contributed by atoms with van der Waals surface area (Å²) in [5.74, 6) is -0.954. The van der Waals surface area contributed by atoms with Crippen LogP contribution in [0.2, 0.25) is 0 Å². The third-order valence-electron chi connectivity index (χ3n) is 5.32. The number of carboxylic acid groups (broad SMARTS) is 1. The number of aliphatic hydroxyl groups excluding tert-OH is 3. The number of carboxylic acids is 1. The highest BCUT2D eigenvalue weighted by Crippen LogP contribution is 2.22. The van der Waals surface area contributed by atoms with Crippen molar-refractivity contribution >= 4 is 5.97 Å². The van der Waals surface area contributed by atoms with E-state index >= 15 is 0 Å². The molecule has 0 radical (unpaired) electrons. The summed E-state index contributed by atoms with van der Waals surface area (Å²) in [6.45, 7) is 6.41. The van der Waals surface area contributed by atoms with Gasteiger partial charge in [0.2, 0.25) is 0 Å². The summed E-state index contributed by atoms with van der Waals surface area (Å²) >= 11 is 0. The third kappa shape index (κ3) is 11.5. The molecular formula is C23H44NO5+. The van der Waals surface area contributed by atoms with E-state index in [1.165, 1.54) is 0 Å². The molecule has 6 heteroatoms. The van der Waals surface area contributed by atoms with E-state index < -0.39 is 24.2 Å². The minimum absolute atomic E-state index is 0.0434. The van der Waals surface area contributed by atoms with Crippen LogP contribution in [0, 0.1) is 0 Å². The largest absolute Gasteiger partial charge is 0.477 e. The first-order valence-electron chi connectivity index (χ1n) is 11.3. The highest BCUT2D eigenvalue weighted by Gasteiger charge is 2.43. The summed E-state index contributed by atoms with van der Waals surface area (Å²) in [6, 6.07) is -0.787. The van der Waals surface area contributed by atoms with Crippen LogP contribution >= 0.6 is 0 Å². The molecule has 4 unspecified atom stereocenters. The van der Waals surface area contributed by atoms with Gasteiger partial charge in [-0.15, -0.1) is 0 Å². The van der Waals surface area contributed by atoms with Crippen molar-refractivity contribution in [3.63, 3.8) is 0 Å². The van der Waals surface area contributed by atoms with Gasteiger partial charge >= 0.3 is 5.97 Å². The van der Waals surface area contributed by atoms with Gasteiger partial charge in [-0.05, 0) is 19.3 Å². The summed E-state index contributed by atoms with van der Waals surface area (Å²) < 4.78 is -0.0434. The van der Waals surface area contributed by atoms with E-state index in [0.717, 1.165) is 38.5 Å². The van der Waals surface area contributed by atoms with Crippen LogP contribution < -0.4 is 0 Å². The number of quaternary nitrogens is 1. The molecule has 0 rings (SSSR count). The van der Waals surface area contributed by atoms with Gasteiger partial charge in [0.1, 0.15) is 31.8 Å². The lowest BCUT2D eigenvalue weighted by molar-refractivity contribution is -0.947. The van der Waals surface area contributed by atoms with Gasteiger partial charge in [0.15, 0.2) is 6.04 Å². The standard InChI is InChI=1S/C23H43NO5/c1-4-7-9-11-14-20(26)18-24(16-17-25,22(13-6-3)23(28)29)19-21(27)15-12-10-8-5-2/h11-12,14-15,20-22,25-27H,4-10,13,16-19H2,1-3H3/p+1/b14-11-,15-12+. The van der Waals surface area contributed by atoms with Gasteiger partial charge in [0.25, 0.3) is 0 Å². The zero-order valence-electron chi connectivity index (χ0n) is 18.7. The first kappa shape index (κ1) is 27.8. The molecule has 0 aromatic heterocycles. The topological polar surface area (TPSA) is 98.0 Å². The Hall–Kier alpha value is -1.21. The van der Waals surface area contributed by atoms with Crippen molar-refractivity contribution in [3.8, 4) is 0 Å². The molecule has 0 saturated carbocycles. The molecule has 0 saturated heterocycles. The molecule has 0 aromatic rings. The second kappa shape index (κ2) is 16.6. The van der Waals surface area contributed by atoms with Crippen LogP contribution in [0.4, 0.5) is 0 Å². The van der Waals surface area contributed by atoms with Crippen molar-refractivity contribution in [2.24, 2.45) is 0 Å². The molecule has 0 aliphatic heterocycles. The maximum atomic E-state index is 12.1. The van der Waals surface area contributed by atoms with Gasteiger partial charge in [-0.25, -0.2) is 4.79 Å². The Morgan fingerprint density at radius 1 is 0.897 bits per heavy atom. The number of rotatable bonds is 18. The number of aliphatic carboxylic acids is 1. The maximum Gasteiger partial charge on any atom is 0.362 e. The van der Waals surface area contributed by atoms with E-state index in [0.29, 0.717) is 12.8 Å². The Morgan fingerprint density at radius 2 is 1.38 bits per heavy atom. The Bertz CT molecular complexity index is 452. The lowest BCUT2D eigenvalue weighted by Gasteiger charge is -2.44. The molecule has 170 valence electrons. The van der Waals surface area contributed by atoms with Gasteiger partial charge in [-0.1, -0.05) is 70.8 Å². The second-order valence-corrected chi connectivity index (χ2v) is 7.95. The van der Waals surface area contributed by atoms with Gasteiger partial charge in [-0.3, -0.25) is 0 Å². The van der Waals surface area contributed by atoms with E-state index in [2.05, 4.69) is 13.8 Å². The molecule has 4 N–H and O–H groups in total. The highest BCUT2D eigenvalue weighted by molar-refractivity contribution is 5.72. The average molecular weight is 415 g/mol. The fraction of sp³-hybridized carbons (Fsp3) is 0.783. The van der Waals surface area contributed by atoms with Crippen molar-refractivity contribution in [1.82, 2.24) is 0 Å². The van der Waals surface area contributed by atoms with Crippen LogP contribution in [0.1, 0.15) is 72.1 Å². The normalized spacial score (nSPS) is 17.4. The van der Waals surface area contributed by atoms with Crippen molar-refractivity contribution in [2.75, 3.05) is 26.2 Å². The Kier molecular flexibility index (Phi) is 15.9. The summed E-state index contributed by atoms with van der Waals surface area (Å²) in [6.07, 6.45) is 12.7. The first-order valence-corrected chi connectivity index (χ1v) is 11.3. The van der Waals surface area contributed by atoms with Crippen LogP contribution in [0.15, 0.2) is 24.3 Å². The fourth-order valence-corrected chi connectivity index (χ4v) is 3.79. The summed E-state index contributed by atoms with van der Waals surface area (Å²) in [7, 11) is 0. The van der Waals surface area contributed by atoms with Crippen molar-refractivity contribution in [1.29, 1.82) is 0 Å². The van der Waals surface area contributed by atoms with E-state index in [1.807, 2.05) is 19.1 Å². The number of hydrogen-bond donors (Lipinski definition) is 4. The van der Waals surface area contributed by atoms with Crippen molar-refractivity contribution in [2.45, 2.75) is 90.4 Å². The second-order valence-electron chi connectivity index (χ2n) is 7.95. The minimum atomic E-state index is -0.954. The zero-order valence-corrected chi connectivity index (χ0v) is 18.7. The monoisotopic (exact) mass is 414 g/mol. The number of aliphatic hydroxyl groups is 3. The lowest BCUT2D eigenvalue weighted by atomic mass is 10.0. The average Bonchev–Trinajstić information content (AvgIpc) is 2.66. The third-order valence-corrected chi connectivity index (χ3v) is 5.32. The molecule has 0 fully saturated rings. The predicted molar refractivity (Wildman–Crippen MR) is 118 cm³/mol. The van der Waals surface area contributed by atoms with E-state index in [-0.39, 0.29) is 30.7 Å². The van der Waals surface area contributed by atoms with E-state index in [4.69, 9.17) is 0 Å². The molecule has 0 bridgehead atoms. The summed E-state index contributed by atoms with van der Waals surface area (Å²) in [5.41, 5.74) is 0. The Labute approximate surface area is 177 Å². The van der Waals surface area contributed by atoms with Gasteiger partial charge in [0.05, 0.1) is 6.61 Å². The number of allylic oxidation sites excluding steroid dienone is 2. The first-order chi connectivity index (χ1) is 13.9. The quantitative estimate of drug-likeness (QED) is 0.157. The molecule has 4 atom stereocenters. The maximum absolute atomic E-state index is 12.1. The SMILES string of the molecule is CCCC/C=C\C(O)C[N+](CCO)(CC(O)/C=C/CCCC)C(CCC)C(=O)O. The molecule has 0 aliphatic carbocycles. The van der Waals surface area contributed by atoms with Crippen molar-refractivity contribution in [3.05, 3.63) is 24.3 Å². The van der Waals surface area contributed by atoms with Crippen molar-refractivity contribution < 1.29 is 29.7 Å². The zero-order chi connectivity index (χ0) is 22.1. The molecule has 0 amide bonds. The van der Waals surface area contributed by atoms with Gasteiger partial charge < -0.3 is 24.9 Å². The lowest BCUT2D eigenvalue weighted by Crippen LogP contribution is -2.64. The number of unbranched alkanes of at least 4 members (excludes halogenated alkanes) is 4. The van der Waals surface area contributed by atoms with E-state index in [9.17, 15) is 25.2 Å². The Morgan fingerprint density at radius 3 is 1.72 bits per heavy atom. The molecule has 0 heterocycles. The molecule has 0 spiro atoms. The molecular weight excluding hydrogens is 370 g/mol. The molecule has 0 aliphatic rings. The van der Waals surface area contributed by atoms with E-state index in [1.54, 1.807) is 12.2 Å². The van der Waals surface area contributed by atoms with Crippen LogP contribution in [0.5, 0.6) is 0 Å². The van der Waals surface area contributed by atoms with Crippen LogP contribution in [-0.2, 0) is 4.79 Å². The molecule has 0 aromatic carbocycles. The van der Waals surface area contributed by atoms with Gasteiger partial charge in [0, 0.05) is 6.42 Å². The number of hydrogen-bond acceptors (Lipinski definition) is 4. The number of carbonyl (C=O) groups is 1. The molecule has 6 nitrogen and oxygen atoms in total. The minimum Gasteiger partial charge on any atom is -0.477 e. The number of nitrogens with zero attached hydrogens (tertiary/aromatic N) is 1. The summed E-state index contributed by atoms with van der Waals surface area (Å²) in [5, 5.41) is 40.8. The summed E-state index contributed by atoms with van der Waals surface area (Å²) in [4.78, 5) is 12.1. The van der Waals surface area contributed by atoms with Crippen LogP contribution in [0.3, 0.4) is 0 Å². The predicted octanol–water partition coefficient (Wildman–Crippen LogP) is 3.26. The highest BCUT2D eigenvalue weighted by atomic mass is 16.4. The Balaban J connectivity index is 5.60. The molecule has 29 heavy (non-hydrogen) atoms. The van der Waals surface area contributed by atoms with Crippen LogP contribution in [-0.4, -0.2) is 75.4 Å². The smallest absolute Gasteiger partial charge is 0.362 e. The van der Waals surface area contributed by atoms with Crippen LogP contribution in [0.25, 0.3) is 0 Å². The fourth-order valence-electron chi connectivity index (χ4n) is 3.79. The van der Waals surface area contributed by atoms with Gasteiger partial charge in [-0.2, -0.15) is 0 Å².